The van der Waals surface area contributed by atoms with E-state index in [0.29, 0.717) is 11.0 Å². The van der Waals surface area contributed by atoms with Gasteiger partial charge in [-0.3, -0.25) is 4.98 Å². The van der Waals surface area contributed by atoms with Gasteiger partial charge in [-0.05, 0) is 49.2 Å². The van der Waals surface area contributed by atoms with Crippen LogP contribution in [-0.4, -0.2) is 54.8 Å². The number of nitrogens with zero attached hydrogens (tertiary/aromatic N) is 2. The lowest BCUT2D eigenvalue weighted by molar-refractivity contribution is 0.0478. The maximum Gasteiger partial charge on any atom is 0.408 e. The summed E-state index contributed by atoms with van der Waals surface area (Å²) in [5.74, 6) is -1.12. The molecule has 2 aromatic heterocycles. The Morgan fingerprint density at radius 3 is 2.07 bits per heavy atom. The van der Waals surface area contributed by atoms with Gasteiger partial charge in [-0.1, -0.05) is 81.4 Å². The molecule has 44 heavy (non-hydrogen) atoms. The monoisotopic (exact) mass is 619 g/mol. The predicted octanol–water partition coefficient (Wildman–Crippen LogP) is 5.82. The summed E-state index contributed by atoms with van der Waals surface area (Å²) in [7, 11) is -2.99. The minimum Gasteiger partial charge on any atom is -0.461 e. The zero-order valence-electron chi connectivity index (χ0n) is 26.5. The van der Waals surface area contributed by atoms with E-state index in [1.54, 1.807) is 38.3 Å². The topological polar surface area (TPSA) is 91.7 Å². The number of ether oxygens (including phenoxy) is 2. The molecule has 1 unspecified atom stereocenters. The Hall–Kier alpha value is -4.02. The van der Waals surface area contributed by atoms with E-state index >= 15 is 0 Å². The Labute approximate surface area is 259 Å². The summed E-state index contributed by atoms with van der Waals surface area (Å²) in [6, 6.07) is 22.5. The number of rotatable bonds is 10. The molecule has 0 fully saturated rings. The second kappa shape index (κ2) is 13.3. The van der Waals surface area contributed by atoms with Crippen LogP contribution in [-0.2, 0) is 20.4 Å². The van der Waals surface area contributed by atoms with E-state index in [-0.39, 0.29) is 30.5 Å². The number of hydrogen-bond donors (Lipinski definition) is 1. The molecule has 0 bridgehead atoms. The van der Waals surface area contributed by atoms with Crippen LogP contribution >= 0.6 is 0 Å². The molecule has 2 heterocycles. The molecular weight excluding hydrogens is 577 g/mol. The molecule has 0 radical (unpaired) electrons. The van der Waals surface area contributed by atoms with Gasteiger partial charge in [-0.15, -0.1) is 0 Å². The van der Waals surface area contributed by atoms with Gasteiger partial charge in [-0.25, -0.2) is 14.0 Å². The molecular formula is C34H42FN3O5Si. The summed E-state index contributed by atoms with van der Waals surface area (Å²) in [6.45, 7) is 13.9. The Morgan fingerprint density at radius 2 is 1.55 bits per heavy atom. The van der Waals surface area contributed by atoms with Crippen molar-refractivity contribution in [3.63, 3.8) is 0 Å². The second-order valence-corrected chi connectivity index (χ2v) is 17.0. The zero-order chi connectivity index (χ0) is 32.1. The Bertz CT molecular complexity index is 1540. The summed E-state index contributed by atoms with van der Waals surface area (Å²) in [4.78, 5) is 30.4. The SMILES string of the molecule is CCOC(=O)c1cc2ncc(F)cc2n1CC(CO[Si](c1ccccc1)(c1ccccc1)C(C)(C)C)NC(=O)OC(C)(C)C. The van der Waals surface area contributed by atoms with E-state index in [9.17, 15) is 14.0 Å². The van der Waals surface area contributed by atoms with Crippen molar-refractivity contribution < 1.29 is 27.9 Å². The number of benzene rings is 2. The van der Waals surface area contributed by atoms with E-state index < -0.39 is 37.8 Å². The van der Waals surface area contributed by atoms with Gasteiger partial charge < -0.3 is 23.8 Å². The zero-order valence-corrected chi connectivity index (χ0v) is 27.5. The second-order valence-electron chi connectivity index (χ2n) is 12.7. The van der Waals surface area contributed by atoms with Crippen molar-refractivity contribution in [2.24, 2.45) is 0 Å². The van der Waals surface area contributed by atoms with Crippen LogP contribution in [0.1, 0.15) is 59.0 Å². The van der Waals surface area contributed by atoms with Crippen molar-refractivity contribution in [1.82, 2.24) is 14.9 Å². The van der Waals surface area contributed by atoms with E-state index in [4.69, 9.17) is 13.9 Å². The van der Waals surface area contributed by atoms with Crippen molar-refractivity contribution in [2.45, 2.75) is 71.7 Å². The van der Waals surface area contributed by atoms with Crippen LogP contribution in [0.15, 0.2) is 79.0 Å². The number of carbonyl (C=O) groups is 2. The van der Waals surface area contributed by atoms with Crippen molar-refractivity contribution in [2.75, 3.05) is 13.2 Å². The van der Waals surface area contributed by atoms with Crippen LogP contribution in [0.2, 0.25) is 5.04 Å². The highest BCUT2D eigenvalue weighted by molar-refractivity contribution is 6.99. The molecule has 234 valence electrons. The van der Waals surface area contributed by atoms with Crippen LogP contribution in [0.4, 0.5) is 9.18 Å². The largest absolute Gasteiger partial charge is 0.461 e. The lowest BCUT2D eigenvalue weighted by Gasteiger charge is -2.43. The van der Waals surface area contributed by atoms with E-state index in [2.05, 4.69) is 55.3 Å². The smallest absolute Gasteiger partial charge is 0.408 e. The number of esters is 1. The number of pyridine rings is 1. The maximum atomic E-state index is 14.4. The fraction of sp³-hybridized carbons (Fsp3) is 0.382. The highest BCUT2D eigenvalue weighted by Crippen LogP contribution is 2.37. The van der Waals surface area contributed by atoms with Crippen LogP contribution in [0.5, 0.6) is 0 Å². The number of halogens is 1. The number of hydrogen-bond acceptors (Lipinski definition) is 6. The van der Waals surface area contributed by atoms with Crippen molar-refractivity contribution in [3.05, 3.63) is 90.5 Å². The van der Waals surface area contributed by atoms with E-state index in [1.165, 1.54) is 6.07 Å². The molecule has 8 nitrogen and oxygen atoms in total. The van der Waals surface area contributed by atoms with Gasteiger partial charge in [0.25, 0.3) is 8.32 Å². The first kappa shape index (κ1) is 32.9. The molecule has 2 aromatic carbocycles. The molecule has 0 spiro atoms. The number of amides is 1. The van der Waals surface area contributed by atoms with Crippen LogP contribution < -0.4 is 15.7 Å². The normalized spacial score (nSPS) is 13.0. The van der Waals surface area contributed by atoms with Crippen LogP contribution in [0.25, 0.3) is 11.0 Å². The van der Waals surface area contributed by atoms with Crippen molar-refractivity contribution in [1.29, 1.82) is 0 Å². The Morgan fingerprint density at radius 1 is 0.955 bits per heavy atom. The third kappa shape index (κ3) is 7.36. The molecule has 0 saturated heterocycles. The van der Waals surface area contributed by atoms with Gasteiger partial charge in [0, 0.05) is 12.6 Å². The Balaban J connectivity index is 1.81. The summed E-state index contributed by atoms with van der Waals surface area (Å²) in [6.07, 6.45) is 0.469. The molecule has 0 aliphatic carbocycles. The standard InChI is InChI=1S/C34H42FN3O5Si/c1-8-41-31(39)30-20-28-29(19-24(35)21-36-28)38(30)22-25(37-32(40)43-33(2,3)4)23-42-44(34(5,6)7,26-15-11-9-12-16-26)27-17-13-10-14-18-27/h9-21,25H,8,22-23H2,1-7H3,(H,37,40). The molecule has 4 aromatic rings. The third-order valence-corrected chi connectivity index (χ3v) is 12.3. The summed E-state index contributed by atoms with van der Waals surface area (Å²) >= 11 is 0. The first-order valence-electron chi connectivity index (χ1n) is 14.8. The number of fused-ring (bicyclic) bond motifs is 1. The maximum absolute atomic E-state index is 14.4. The van der Waals surface area contributed by atoms with Crippen LogP contribution in [0.3, 0.4) is 0 Å². The van der Waals surface area contributed by atoms with E-state index in [1.807, 2.05) is 36.4 Å². The molecule has 4 rings (SSSR count). The number of nitrogens with one attached hydrogen (secondary N) is 1. The quantitative estimate of drug-likeness (QED) is 0.178. The van der Waals surface area contributed by atoms with Crippen LogP contribution in [0, 0.1) is 5.82 Å². The fourth-order valence-electron chi connectivity index (χ4n) is 5.50. The lowest BCUT2D eigenvalue weighted by atomic mass is 10.2. The molecule has 0 saturated carbocycles. The third-order valence-electron chi connectivity index (χ3n) is 7.25. The molecule has 1 amide bonds. The minimum absolute atomic E-state index is 0.0697. The van der Waals surface area contributed by atoms with Gasteiger partial charge in [-0.2, -0.15) is 0 Å². The summed E-state index contributed by atoms with van der Waals surface area (Å²) in [5.41, 5.74) is 0.283. The van der Waals surface area contributed by atoms with Gasteiger partial charge >= 0.3 is 12.1 Å². The molecule has 1 atom stereocenters. The first-order chi connectivity index (χ1) is 20.7. The van der Waals surface area contributed by atoms with Gasteiger partial charge in [0.1, 0.15) is 17.1 Å². The average molecular weight is 620 g/mol. The summed E-state index contributed by atoms with van der Waals surface area (Å²) in [5, 5.41) is 4.82. The summed E-state index contributed by atoms with van der Waals surface area (Å²) < 4.78 is 34.1. The highest BCUT2D eigenvalue weighted by atomic mass is 28.4. The fourth-order valence-corrected chi connectivity index (χ4v) is 10.1. The average Bonchev–Trinajstić information content (AvgIpc) is 3.30. The van der Waals surface area contributed by atoms with Gasteiger partial charge in [0.2, 0.25) is 0 Å². The van der Waals surface area contributed by atoms with Crippen molar-refractivity contribution in [3.8, 4) is 0 Å². The van der Waals surface area contributed by atoms with E-state index in [0.717, 1.165) is 16.6 Å². The Kier molecular flexibility index (Phi) is 9.95. The molecule has 0 aliphatic rings. The van der Waals surface area contributed by atoms with Gasteiger partial charge in [0.15, 0.2) is 0 Å². The molecule has 1 N–H and O–H groups in total. The molecule has 10 heteroatoms. The number of alkyl carbamates (subject to hydrolysis) is 1. The predicted molar refractivity (Wildman–Crippen MR) is 172 cm³/mol. The highest BCUT2D eigenvalue weighted by Gasteiger charge is 2.50. The lowest BCUT2D eigenvalue weighted by Crippen LogP contribution is -2.67. The first-order valence-corrected chi connectivity index (χ1v) is 16.7. The molecule has 0 aliphatic heterocycles. The number of carbonyl (C=O) groups excluding carboxylic acids is 2. The minimum atomic E-state index is -2.99. The van der Waals surface area contributed by atoms with Gasteiger partial charge in [0.05, 0.1) is 36.5 Å². The number of aromatic nitrogens is 2. The van der Waals surface area contributed by atoms with Crippen molar-refractivity contribution >= 4 is 41.8 Å².